The molecule has 24 heavy (non-hydrogen) atoms. The van der Waals surface area contributed by atoms with E-state index in [0.717, 1.165) is 11.3 Å². The number of hydrogen-bond acceptors (Lipinski definition) is 1. The van der Waals surface area contributed by atoms with E-state index >= 15 is 0 Å². The molecule has 1 aliphatic rings. The van der Waals surface area contributed by atoms with E-state index in [0.29, 0.717) is 0 Å². The third-order valence-electron chi connectivity index (χ3n) is 5.18. The van der Waals surface area contributed by atoms with E-state index in [4.69, 9.17) is 4.98 Å². The molecule has 0 saturated carbocycles. The van der Waals surface area contributed by atoms with Gasteiger partial charge in [0.15, 0.2) is 0 Å². The second-order valence-electron chi connectivity index (χ2n) is 6.81. The normalized spacial score (nSPS) is 14.2. The molecule has 3 aromatic carbocycles. The van der Waals surface area contributed by atoms with Crippen LogP contribution in [0, 0.1) is 6.07 Å². The Bertz CT molecular complexity index is 1090. The van der Waals surface area contributed by atoms with Crippen molar-refractivity contribution >= 4 is 21.5 Å². The SMILES string of the molecule is CC1(C)c2c([c-]cc3ccccc23)-c2nccc3cccc1c23.[Ir]. The summed E-state index contributed by atoms with van der Waals surface area (Å²) in [6.07, 6.45) is 1.91. The summed E-state index contributed by atoms with van der Waals surface area (Å²) >= 11 is 0. The van der Waals surface area contributed by atoms with Gasteiger partial charge in [0.2, 0.25) is 0 Å². The Hall–Kier alpha value is -2.02. The molecule has 1 aromatic heterocycles. The quantitative estimate of drug-likeness (QED) is 0.300. The molecule has 1 heterocycles. The van der Waals surface area contributed by atoms with Gasteiger partial charge in [0.1, 0.15) is 0 Å². The van der Waals surface area contributed by atoms with Gasteiger partial charge in [-0.15, -0.1) is 23.3 Å². The van der Waals surface area contributed by atoms with Gasteiger partial charge in [-0.2, -0.15) is 0 Å². The minimum atomic E-state index is -0.0672. The van der Waals surface area contributed by atoms with Crippen molar-refractivity contribution in [1.29, 1.82) is 0 Å². The minimum Gasteiger partial charge on any atom is -0.304 e. The predicted octanol–water partition coefficient (Wildman–Crippen LogP) is 5.49. The van der Waals surface area contributed by atoms with E-state index in [2.05, 4.69) is 74.5 Å². The smallest absolute Gasteiger partial charge is 0.0167 e. The standard InChI is InChI=1S/C22H16N.Ir/c1-22(2)18-9-5-7-15-12-13-23-21(19(15)18)17-11-10-14-6-3-4-8-16(14)20(17)22;/h3-10,12-13H,1-2H3;/q-1;. The summed E-state index contributed by atoms with van der Waals surface area (Å²) in [5.74, 6) is 0. The summed E-state index contributed by atoms with van der Waals surface area (Å²) in [4.78, 5) is 4.72. The van der Waals surface area contributed by atoms with Crippen molar-refractivity contribution in [3.8, 4) is 11.3 Å². The molecule has 0 spiro atoms. The van der Waals surface area contributed by atoms with Crippen molar-refractivity contribution in [3.05, 3.63) is 78.0 Å². The van der Waals surface area contributed by atoms with Gasteiger partial charge in [-0.1, -0.05) is 67.1 Å². The van der Waals surface area contributed by atoms with Crippen LogP contribution in [0.5, 0.6) is 0 Å². The van der Waals surface area contributed by atoms with E-state index in [-0.39, 0.29) is 25.5 Å². The summed E-state index contributed by atoms with van der Waals surface area (Å²) in [6.45, 7) is 4.63. The maximum absolute atomic E-state index is 4.72. The van der Waals surface area contributed by atoms with Gasteiger partial charge in [0.25, 0.3) is 0 Å². The maximum atomic E-state index is 4.72. The fourth-order valence-corrected chi connectivity index (χ4v) is 4.12. The summed E-state index contributed by atoms with van der Waals surface area (Å²) < 4.78 is 0. The zero-order valence-electron chi connectivity index (χ0n) is 13.6. The van der Waals surface area contributed by atoms with Crippen LogP contribution >= 0.6 is 0 Å². The van der Waals surface area contributed by atoms with Gasteiger partial charge in [0, 0.05) is 26.3 Å². The molecule has 0 aliphatic heterocycles. The Morgan fingerprint density at radius 1 is 0.917 bits per heavy atom. The van der Waals surface area contributed by atoms with Crippen LogP contribution in [0.15, 0.2) is 60.8 Å². The predicted molar refractivity (Wildman–Crippen MR) is 95.6 cm³/mol. The van der Waals surface area contributed by atoms with Gasteiger partial charge in [-0.05, 0) is 33.5 Å². The van der Waals surface area contributed by atoms with Crippen LogP contribution in [-0.4, -0.2) is 4.98 Å². The number of nitrogens with zero attached hydrogens (tertiary/aromatic N) is 1. The number of rotatable bonds is 0. The molecule has 1 radical (unpaired) electrons. The Labute approximate surface area is 155 Å². The molecule has 0 atom stereocenters. The van der Waals surface area contributed by atoms with Crippen LogP contribution < -0.4 is 0 Å². The first-order chi connectivity index (χ1) is 11.2. The molecular weight excluding hydrogens is 470 g/mol. The monoisotopic (exact) mass is 487 g/mol. The topological polar surface area (TPSA) is 12.9 Å². The zero-order chi connectivity index (χ0) is 15.6. The van der Waals surface area contributed by atoms with Crippen LogP contribution in [0.1, 0.15) is 25.0 Å². The average Bonchev–Trinajstić information content (AvgIpc) is 2.59. The van der Waals surface area contributed by atoms with Crippen LogP contribution in [0.25, 0.3) is 32.8 Å². The number of hydrogen-bond donors (Lipinski definition) is 0. The number of pyridine rings is 1. The second-order valence-corrected chi connectivity index (χ2v) is 6.81. The Morgan fingerprint density at radius 3 is 2.58 bits per heavy atom. The van der Waals surface area contributed by atoms with Crippen LogP contribution in [0.2, 0.25) is 0 Å². The molecule has 0 fully saturated rings. The molecule has 0 saturated heterocycles. The van der Waals surface area contributed by atoms with Crippen LogP contribution in [0.3, 0.4) is 0 Å². The van der Waals surface area contributed by atoms with Crippen molar-refractivity contribution in [2.45, 2.75) is 19.3 Å². The van der Waals surface area contributed by atoms with E-state index in [9.17, 15) is 0 Å². The fraction of sp³-hybridized carbons (Fsp3) is 0.136. The molecule has 0 bridgehead atoms. The number of benzene rings is 3. The van der Waals surface area contributed by atoms with Crippen molar-refractivity contribution in [2.75, 3.05) is 0 Å². The molecule has 0 N–H and O–H groups in total. The van der Waals surface area contributed by atoms with Gasteiger partial charge < -0.3 is 4.98 Å². The molecule has 1 aliphatic carbocycles. The van der Waals surface area contributed by atoms with E-state index in [1.165, 1.54) is 32.7 Å². The minimum absolute atomic E-state index is 0. The van der Waals surface area contributed by atoms with Crippen molar-refractivity contribution in [3.63, 3.8) is 0 Å². The number of fused-ring (bicyclic) bond motifs is 4. The summed E-state index contributed by atoms with van der Waals surface area (Å²) in [6, 6.07) is 22.9. The van der Waals surface area contributed by atoms with E-state index in [1.807, 2.05) is 6.20 Å². The Morgan fingerprint density at radius 2 is 1.71 bits per heavy atom. The van der Waals surface area contributed by atoms with Crippen molar-refractivity contribution in [1.82, 2.24) is 4.98 Å². The van der Waals surface area contributed by atoms with Crippen LogP contribution in [0.4, 0.5) is 0 Å². The first-order valence-corrected chi connectivity index (χ1v) is 8.00. The summed E-state index contributed by atoms with van der Waals surface area (Å²) in [7, 11) is 0. The molecule has 0 unspecified atom stereocenters. The van der Waals surface area contributed by atoms with Gasteiger partial charge in [-0.25, -0.2) is 0 Å². The number of aromatic nitrogens is 1. The Balaban J connectivity index is 0.00000146. The van der Waals surface area contributed by atoms with E-state index < -0.39 is 0 Å². The fourth-order valence-electron chi connectivity index (χ4n) is 4.12. The first kappa shape index (κ1) is 15.5. The summed E-state index contributed by atoms with van der Waals surface area (Å²) in [5, 5.41) is 5.08. The van der Waals surface area contributed by atoms with Crippen LogP contribution in [-0.2, 0) is 25.5 Å². The molecule has 2 heteroatoms. The molecule has 0 amide bonds. The first-order valence-electron chi connectivity index (χ1n) is 8.00. The molecule has 119 valence electrons. The third-order valence-corrected chi connectivity index (χ3v) is 5.18. The summed E-state index contributed by atoms with van der Waals surface area (Å²) in [5.41, 5.74) is 4.85. The average molecular weight is 487 g/mol. The second kappa shape index (κ2) is 5.24. The van der Waals surface area contributed by atoms with Crippen molar-refractivity contribution < 1.29 is 20.1 Å². The van der Waals surface area contributed by atoms with E-state index in [1.54, 1.807) is 0 Å². The largest absolute Gasteiger partial charge is 0.304 e. The van der Waals surface area contributed by atoms with Gasteiger partial charge >= 0.3 is 0 Å². The van der Waals surface area contributed by atoms with Gasteiger partial charge in [0.05, 0.1) is 0 Å². The third kappa shape index (κ3) is 1.87. The van der Waals surface area contributed by atoms with Crippen molar-refractivity contribution in [2.24, 2.45) is 0 Å². The molecule has 4 aromatic rings. The Kier molecular flexibility index (Phi) is 3.38. The molecular formula is C22H16IrN-. The molecule has 5 rings (SSSR count). The maximum Gasteiger partial charge on any atom is 0.0167 e. The molecule has 1 nitrogen and oxygen atoms in total. The van der Waals surface area contributed by atoms with Gasteiger partial charge in [-0.3, -0.25) is 0 Å². The zero-order valence-corrected chi connectivity index (χ0v) is 15.9.